The van der Waals surface area contributed by atoms with Gasteiger partial charge in [0.05, 0.1) is 0 Å². The van der Waals surface area contributed by atoms with E-state index in [1.165, 1.54) is 4.90 Å². The van der Waals surface area contributed by atoms with Crippen molar-refractivity contribution in [2.75, 3.05) is 39.1 Å². The summed E-state index contributed by atoms with van der Waals surface area (Å²) in [4.78, 5) is 40.8. The minimum atomic E-state index is -0.148. The fourth-order valence-electron chi connectivity index (χ4n) is 4.08. The number of nitrogens with zero attached hydrogens (tertiary/aromatic N) is 2. The fourth-order valence-corrected chi connectivity index (χ4v) is 4.08. The second-order valence-electron chi connectivity index (χ2n) is 8.68. The van der Waals surface area contributed by atoms with Crippen LogP contribution in [0.25, 0.3) is 10.8 Å². The Kier molecular flexibility index (Phi) is 7.11. The zero-order chi connectivity index (χ0) is 24.1. The molecule has 7 nitrogen and oxygen atoms in total. The highest BCUT2D eigenvalue weighted by Gasteiger charge is 2.28. The highest BCUT2D eigenvalue weighted by molar-refractivity contribution is 6.07. The Morgan fingerprint density at radius 1 is 0.941 bits per heavy atom. The normalized spacial score (nSPS) is 14.0. The van der Waals surface area contributed by atoms with Crippen LogP contribution in [0.15, 0.2) is 66.7 Å². The molecule has 1 fully saturated rings. The molecule has 0 radical (unpaired) electrons. The minimum absolute atomic E-state index is 0.0130. The predicted molar refractivity (Wildman–Crippen MR) is 132 cm³/mol. The van der Waals surface area contributed by atoms with Gasteiger partial charge < -0.3 is 19.9 Å². The maximum Gasteiger partial charge on any atom is 0.259 e. The molecule has 0 aromatic heterocycles. The van der Waals surface area contributed by atoms with Crippen LogP contribution in [0.1, 0.15) is 23.2 Å². The lowest BCUT2D eigenvalue weighted by Gasteiger charge is -2.31. The number of rotatable bonds is 6. The van der Waals surface area contributed by atoms with E-state index in [9.17, 15) is 14.4 Å². The molecule has 1 aliphatic heterocycles. The van der Waals surface area contributed by atoms with E-state index in [1.807, 2.05) is 47.4 Å². The van der Waals surface area contributed by atoms with Crippen molar-refractivity contribution < 1.29 is 19.1 Å². The first-order valence-corrected chi connectivity index (χ1v) is 11.4. The van der Waals surface area contributed by atoms with Gasteiger partial charge in [-0.25, -0.2) is 0 Å². The standard InChI is InChI=1S/C27H29N3O4/c1-29(2)25(31)18-34-22-12-10-21(11-13-22)28-26(32)20-14-16-30(17-15-20)27(33)24-9-5-7-19-6-3-4-8-23(19)24/h3-13,20H,14-18H2,1-2H3,(H,28,32). The number of carbonyl (C=O) groups is 3. The number of anilines is 1. The first kappa shape index (κ1) is 23.3. The van der Waals surface area contributed by atoms with Gasteiger partial charge in [-0.1, -0.05) is 36.4 Å². The van der Waals surface area contributed by atoms with Crippen LogP contribution in [-0.4, -0.2) is 61.3 Å². The molecule has 0 atom stereocenters. The van der Waals surface area contributed by atoms with Crippen molar-refractivity contribution in [2.45, 2.75) is 12.8 Å². The van der Waals surface area contributed by atoms with Crippen molar-refractivity contribution >= 4 is 34.2 Å². The van der Waals surface area contributed by atoms with Gasteiger partial charge in [0.15, 0.2) is 6.61 Å². The third kappa shape index (κ3) is 5.36. The Labute approximate surface area is 199 Å². The molecule has 1 saturated heterocycles. The first-order chi connectivity index (χ1) is 16.4. The number of ether oxygens (including phenoxy) is 1. The van der Waals surface area contributed by atoms with Crippen molar-refractivity contribution in [3.63, 3.8) is 0 Å². The highest BCUT2D eigenvalue weighted by atomic mass is 16.5. The number of likely N-dealkylation sites (N-methyl/N-ethyl adjacent to an activating group) is 1. The quantitative estimate of drug-likeness (QED) is 0.608. The molecule has 0 spiro atoms. The van der Waals surface area contributed by atoms with Gasteiger partial charge in [-0.2, -0.15) is 0 Å². The number of hydrogen-bond acceptors (Lipinski definition) is 4. The summed E-state index contributed by atoms with van der Waals surface area (Å²) in [7, 11) is 3.35. The minimum Gasteiger partial charge on any atom is -0.484 e. The number of benzene rings is 3. The molecular weight excluding hydrogens is 430 g/mol. The maximum atomic E-state index is 13.1. The summed E-state index contributed by atoms with van der Waals surface area (Å²) in [6.07, 6.45) is 1.24. The van der Waals surface area contributed by atoms with E-state index in [4.69, 9.17) is 4.74 Å². The Hall–Kier alpha value is -3.87. The Bertz CT molecular complexity index is 1180. The monoisotopic (exact) mass is 459 g/mol. The molecule has 3 aromatic rings. The number of fused-ring (bicyclic) bond motifs is 1. The van der Waals surface area contributed by atoms with Gasteiger partial charge in [-0.15, -0.1) is 0 Å². The van der Waals surface area contributed by atoms with E-state index in [0.717, 1.165) is 10.8 Å². The van der Waals surface area contributed by atoms with Crippen molar-refractivity contribution in [2.24, 2.45) is 5.92 Å². The number of likely N-dealkylation sites (tertiary alicyclic amines) is 1. The second-order valence-corrected chi connectivity index (χ2v) is 8.68. The van der Waals surface area contributed by atoms with Crippen LogP contribution in [0, 0.1) is 5.92 Å². The summed E-state index contributed by atoms with van der Waals surface area (Å²) in [5.41, 5.74) is 1.38. The SMILES string of the molecule is CN(C)C(=O)COc1ccc(NC(=O)C2CCN(C(=O)c3cccc4ccccc34)CC2)cc1. The van der Waals surface area contributed by atoms with Gasteiger partial charge in [0.25, 0.3) is 11.8 Å². The van der Waals surface area contributed by atoms with Crippen LogP contribution in [0.3, 0.4) is 0 Å². The highest BCUT2D eigenvalue weighted by Crippen LogP contribution is 2.25. The van der Waals surface area contributed by atoms with E-state index in [0.29, 0.717) is 42.9 Å². The lowest BCUT2D eigenvalue weighted by molar-refractivity contribution is -0.130. The molecule has 176 valence electrons. The average molecular weight is 460 g/mol. The molecule has 0 bridgehead atoms. The van der Waals surface area contributed by atoms with Crippen LogP contribution in [-0.2, 0) is 9.59 Å². The molecule has 0 saturated carbocycles. The molecule has 0 aliphatic carbocycles. The van der Waals surface area contributed by atoms with Gasteiger partial charge in [-0.05, 0) is 53.9 Å². The number of hydrogen-bond donors (Lipinski definition) is 1. The van der Waals surface area contributed by atoms with Gasteiger partial charge >= 0.3 is 0 Å². The lowest BCUT2D eigenvalue weighted by atomic mass is 9.94. The molecule has 1 N–H and O–H groups in total. The smallest absolute Gasteiger partial charge is 0.259 e. The zero-order valence-corrected chi connectivity index (χ0v) is 19.5. The Morgan fingerprint density at radius 2 is 1.62 bits per heavy atom. The van der Waals surface area contributed by atoms with E-state index < -0.39 is 0 Å². The van der Waals surface area contributed by atoms with Crippen LogP contribution in [0.4, 0.5) is 5.69 Å². The van der Waals surface area contributed by atoms with Crippen LogP contribution in [0.5, 0.6) is 5.75 Å². The van der Waals surface area contributed by atoms with Crippen LogP contribution >= 0.6 is 0 Å². The fraction of sp³-hybridized carbons (Fsp3) is 0.296. The van der Waals surface area contributed by atoms with Gasteiger partial charge in [0.1, 0.15) is 5.75 Å². The summed E-state index contributed by atoms with van der Waals surface area (Å²) in [6, 6.07) is 20.6. The summed E-state index contributed by atoms with van der Waals surface area (Å²) >= 11 is 0. The van der Waals surface area contributed by atoms with Crippen molar-refractivity contribution in [1.82, 2.24) is 9.80 Å². The summed E-state index contributed by atoms with van der Waals surface area (Å²) in [5.74, 6) is 0.258. The molecule has 3 aromatic carbocycles. The van der Waals surface area contributed by atoms with Crippen molar-refractivity contribution in [3.8, 4) is 5.75 Å². The lowest BCUT2D eigenvalue weighted by Crippen LogP contribution is -2.41. The predicted octanol–water partition coefficient (Wildman–Crippen LogP) is 3.80. The molecule has 4 rings (SSSR count). The summed E-state index contributed by atoms with van der Waals surface area (Å²) in [6.45, 7) is 1.06. The number of carbonyl (C=O) groups excluding carboxylic acids is 3. The Balaban J connectivity index is 1.30. The van der Waals surface area contributed by atoms with Gasteiger partial charge in [-0.3, -0.25) is 14.4 Å². The molecule has 3 amide bonds. The van der Waals surface area contributed by atoms with E-state index in [2.05, 4.69) is 5.32 Å². The summed E-state index contributed by atoms with van der Waals surface area (Å²) in [5, 5.41) is 4.95. The number of amides is 3. The third-order valence-corrected chi connectivity index (χ3v) is 6.16. The third-order valence-electron chi connectivity index (χ3n) is 6.16. The second kappa shape index (κ2) is 10.4. The van der Waals surface area contributed by atoms with Crippen LogP contribution < -0.4 is 10.1 Å². The maximum absolute atomic E-state index is 13.1. The molecule has 1 heterocycles. The Morgan fingerprint density at radius 3 is 2.32 bits per heavy atom. The van der Waals surface area contributed by atoms with Crippen LogP contribution in [0.2, 0.25) is 0 Å². The van der Waals surface area contributed by atoms with Crippen molar-refractivity contribution in [3.05, 3.63) is 72.3 Å². The van der Waals surface area contributed by atoms with Crippen molar-refractivity contribution in [1.29, 1.82) is 0 Å². The molecular formula is C27H29N3O4. The molecule has 1 aliphatic rings. The van der Waals surface area contributed by atoms with E-state index in [1.54, 1.807) is 38.4 Å². The first-order valence-electron chi connectivity index (χ1n) is 11.4. The number of piperidine rings is 1. The molecule has 0 unspecified atom stereocenters. The molecule has 34 heavy (non-hydrogen) atoms. The van der Waals surface area contributed by atoms with E-state index >= 15 is 0 Å². The van der Waals surface area contributed by atoms with Gasteiger partial charge in [0.2, 0.25) is 5.91 Å². The largest absolute Gasteiger partial charge is 0.484 e. The van der Waals surface area contributed by atoms with Gasteiger partial charge in [0, 0.05) is 44.4 Å². The number of nitrogens with one attached hydrogen (secondary N) is 1. The molecule has 7 heteroatoms. The zero-order valence-electron chi connectivity index (χ0n) is 19.5. The average Bonchev–Trinajstić information content (AvgIpc) is 2.87. The topological polar surface area (TPSA) is 79.0 Å². The summed E-state index contributed by atoms with van der Waals surface area (Å²) < 4.78 is 5.46. The van der Waals surface area contributed by atoms with E-state index in [-0.39, 0.29) is 30.2 Å².